The SMILES string of the molecule is CC1C=CC(=C(C2CCNCC2)C2C(O)C(S(=O)(=O)O)CC3CC(S(=O)(=O)O)CCC32)C=C1. The molecule has 6 atom stereocenters. The second-order valence-corrected chi connectivity index (χ2v) is 13.5. The zero-order valence-corrected chi connectivity index (χ0v) is 20.5. The lowest BCUT2D eigenvalue weighted by atomic mass is 9.59. The summed E-state index contributed by atoms with van der Waals surface area (Å²) in [5.74, 6) is -0.515. The van der Waals surface area contributed by atoms with E-state index in [1.54, 1.807) is 0 Å². The van der Waals surface area contributed by atoms with Crippen LogP contribution in [0.5, 0.6) is 0 Å². The third-order valence-corrected chi connectivity index (χ3v) is 10.7. The molecule has 1 heterocycles. The maximum atomic E-state index is 12.3. The molecule has 3 fully saturated rings. The fourth-order valence-corrected chi connectivity index (χ4v) is 8.49. The summed E-state index contributed by atoms with van der Waals surface area (Å²) in [6.07, 6.45) is 9.58. The van der Waals surface area contributed by atoms with E-state index in [1.807, 2.05) is 12.2 Å². The monoisotopic (exact) mass is 501 g/mol. The highest BCUT2D eigenvalue weighted by molar-refractivity contribution is 7.86. The van der Waals surface area contributed by atoms with Gasteiger partial charge in [-0.05, 0) is 80.9 Å². The van der Waals surface area contributed by atoms with Crippen LogP contribution in [0.4, 0.5) is 0 Å². The summed E-state index contributed by atoms with van der Waals surface area (Å²) in [7, 11) is -8.79. The van der Waals surface area contributed by atoms with Crippen LogP contribution in [0, 0.1) is 29.6 Å². The first-order chi connectivity index (χ1) is 15.5. The molecule has 3 aliphatic carbocycles. The van der Waals surface area contributed by atoms with Crippen LogP contribution in [-0.4, -0.2) is 60.7 Å². The molecule has 2 saturated carbocycles. The van der Waals surface area contributed by atoms with Gasteiger partial charge in [-0.25, -0.2) is 0 Å². The van der Waals surface area contributed by atoms with Crippen molar-refractivity contribution in [3.8, 4) is 0 Å². The lowest BCUT2D eigenvalue weighted by Crippen LogP contribution is -2.54. The summed E-state index contributed by atoms with van der Waals surface area (Å²) in [6, 6.07) is 0. The summed E-state index contributed by atoms with van der Waals surface area (Å²) in [5.41, 5.74) is 2.01. The van der Waals surface area contributed by atoms with Gasteiger partial charge in [0, 0.05) is 5.92 Å². The third-order valence-electron chi connectivity index (χ3n) is 8.17. The fourth-order valence-electron chi connectivity index (χ4n) is 6.55. The van der Waals surface area contributed by atoms with E-state index in [0.717, 1.165) is 37.1 Å². The van der Waals surface area contributed by atoms with Gasteiger partial charge in [0.2, 0.25) is 0 Å². The fraction of sp³-hybridized carbons (Fsp3) is 0.739. The first-order valence-electron chi connectivity index (χ1n) is 11.9. The van der Waals surface area contributed by atoms with Crippen LogP contribution in [0.15, 0.2) is 35.5 Å². The number of aliphatic hydroxyl groups is 1. The molecule has 0 aromatic carbocycles. The van der Waals surface area contributed by atoms with Crippen molar-refractivity contribution in [3.05, 3.63) is 35.5 Å². The Kier molecular flexibility index (Phi) is 7.25. The van der Waals surface area contributed by atoms with Crippen LogP contribution < -0.4 is 5.32 Å². The standard InChI is InChI=1S/C23H35NO7S2/c1-14-2-4-15(5-3-14)21(16-8-10-24-11-9-16)22-19-7-6-18(32(26,27)28)12-17(19)13-20(23(22)25)33(29,30)31/h2-5,14,16-20,22-25H,6-13H2,1H3,(H,26,27,28)(H,29,30,31). The molecule has 10 heteroatoms. The van der Waals surface area contributed by atoms with Crippen LogP contribution in [-0.2, 0) is 20.2 Å². The summed E-state index contributed by atoms with van der Waals surface area (Å²) < 4.78 is 67.9. The summed E-state index contributed by atoms with van der Waals surface area (Å²) in [6.45, 7) is 3.73. The molecule has 8 nitrogen and oxygen atoms in total. The molecule has 1 saturated heterocycles. The van der Waals surface area contributed by atoms with Crippen LogP contribution in [0.3, 0.4) is 0 Å². The van der Waals surface area contributed by atoms with E-state index in [4.69, 9.17) is 0 Å². The van der Waals surface area contributed by atoms with Crippen LogP contribution >= 0.6 is 0 Å². The number of hydrogen-bond acceptors (Lipinski definition) is 6. The van der Waals surface area contributed by atoms with Gasteiger partial charge >= 0.3 is 0 Å². The second-order valence-electron chi connectivity index (χ2n) is 10.2. The highest BCUT2D eigenvalue weighted by Crippen LogP contribution is 2.52. The maximum absolute atomic E-state index is 12.3. The molecule has 0 amide bonds. The molecule has 1 aliphatic heterocycles. The first-order valence-corrected chi connectivity index (χ1v) is 14.9. The minimum absolute atomic E-state index is 0.00919. The molecule has 4 aliphatic rings. The molecule has 6 unspecified atom stereocenters. The number of hydrogen-bond donors (Lipinski definition) is 4. The van der Waals surface area contributed by atoms with Gasteiger partial charge in [0.05, 0.1) is 11.4 Å². The van der Waals surface area contributed by atoms with Crippen molar-refractivity contribution in [2.45, 2.75) is 62.1 Å². The summed E-state index contributed by atoms with van der Waals surface area (Å²) in [5, 5.41) is 12.4. The highest BCUT2D eigenvalue weighted by atomic mass is 32.2. The smallest absolute Gasteiger partial charge is 0.270 e. The Morgan fingerprint density at radius 1 is 0.939 bits per heavy atom. The number of allylic oxidation sites excluding steroid dienone is 5. The molecule has 0 radical (unpaired) electrons. The van der Waals surface area contributed by atoms with Gasteiger partial charge in [-0.2, -0.15) is 16.8 Å². The first kappa shape index (κ1) is 25.1. The number of piperidine rings is 1. The van der Waals surface area contributed by atoms with E-state index >= 15 is 0 Å². The lowest BCUT2D eigenvalue weighted by molar-refractivity contribution is -0.00116. The molecular weight excluding hydrogens is 466 g/mol. The van der Waals surface area contributed by atoms with Crippen molar-refractivity contribution in [2.24, 2.45) is 29.6 Å². The van der Waals surface area contributed by atoms with Gasteiger partial charge in [0.25, 0.3) is 20.2 Å². The van der Waals surface area contributed by atoms with Gasteiger partial charge in [-0.1, -0.05) is 36.8 Å². The van der Waals surface area contributed by atoms with Gasteiger partial charge in [-0.3, -0.25) is 9.11 Å². The van der Waals surface area contributed by atoms with Crippen LogP contribution in [0.2, 0.25) is 0 Å². The predicted octanol–water partition coefficient (Wildman–Crippen LogP) is 2.35. The lowest BCUT2D eigenvalue weighted by Gasteiger charge is -2.50. The zero-order valence-electron chi connectivity index (χ0n) is 18.9. The Morgan fingerprint density at radius 2 is 1.58 bits per heavy atom. The van der Waals surface area contributed by atoms with E-state index in [2.05, 4.69) is 24.4 Å². The summed E-state index contributed by atoms with van der Waals surface area (Å²) in [4.78, 5) is 0. The van der Waals surface area contributed by atoms with Crippen molar-refractivity contribution in [1.29, 1.82) is 0 Å². The molecule has 186 valence electrons. The molecule has 4 rings (SSSR count). The maximum Gasteiger partial charge on any atom is 0.270 e. The van der Waals surface area contributed by atoms with E-state index < -0.39 is 42.8 Å². The molecule has 0 spiro atoms. The summed E-state index contributed by atoms with van der Waals surface area (Å²) >= 11 is 0. The van der Waals surface area contributed by atoms with E-state index in [0.29, 0.717) is 6.42 Å². The molecule has 0 bridgehead atoms. The average Bonchev–Trinajstić information content (AvgIpc) is 2.75. The molecule has 0 aromatic heterocycles. The van der Waals surface area contributed by atoms with Crippen LogP contribution in [0.1, 0.15) is 45.4 Å². The number of nitrogens with one attached hydrogen (secondary N) is 1. The second kappa shape index (κ2) is 9.54. The van der Waals surface area contributed by atoms with Gasteiger partial charge in [0.15, 0.2) is 0 Å². The van der Waals surface area contributed by atoms with Crippen molar-refractivity contribution in [3.63, 3.8) is 0 Å². The Bertz CT molecular complexity index is 1020. The average molecular weight is 502 g/mol. The Balaban J connectivity index is 1.80. The van der Waals surface area contributed by atoms with E-state index in [1.165, 1.54) is 0 Å². The van der Waals surface area contributed by atoms with Crippen molar-refractivity contribution in [1.82, 2.24) is 5.32 Å². The largest absolute Gasteiger partial charge is 0.391 e. The Hall–Kier alpha value is -1.04. The highest BCUT2D eigenvalue weighted by Gasteiger charge is 2.53. The van der Waals surface area contributed by atoms with Gasteiger partial charge in [0.1, 0.15) is 5.25 Å². The predicted molar refractivity (Wildman–Crippen MR) is 126 cm³/mol. The molecule has 4 N–H and O–H groups in total. The van der Waals surface area contributed by atoms with Crippen molar-refractivity contribution >= 4 is 20.2 Å². The third kappa shape index (κ3) is 5.31. The van der Waals surface area contributed by atoms with Crippen LogP contribution in [0.25, 0.3) is 0 Å². The van der Waals surface area contributed by atoms with E-state index in [-0.39, 0.29) is 42.9 Å². The van der Waals surface area contributed by atoms with Crippen molar-refractivity contribution in [2.75, 3.05) is 13.1 Å². The number of aliphatic hydroxyl groups excluding tert-OH is 1. The topological polar surface area (TPSA) is 141 Å². The molecule has 0 aromatic rings. The number of fused-ring (bicyclic) bond motifs is 1. The Morgan fingerprint density at radius 3 is 2.15 bits per heavy atom. The zero-order chi connectivity index (χ0) is 24.0. The molecule has 33 heavy (non-hydrogen) atoms. The van der Waals surface area contributed by atoms with Gasteiger partial charge in [-0.15, -0.1) is 0 Å². The quantitative estimate of drug-likeness (QED) is 0.430. The van der Waals surface area contributed by atoms with Crippen molar-refractivity contribution < 1.29 is 31.0 Å². The minimum atomic E-state index is -4.55. The van der Waals surface area contributed by atoms with Gasteiger partial charge < -0.3 is 10.4 Å². The number of rotatable bonds is 4. The minimum Gasteiger partial charge on any atom is -0.391 e. The Labute approximate surface area is 196 Å². The van der Waals surface area contributed by atoms with E-state index in [9.17, 15) is 31.0 Å². The molecular formula is C23H35NO7S2. The normalized spacial score (nSPS) is 38.2.